The topological polar surface area (TPSA) is 21.3 Å². The molecule has 2 nitrogen and oxygen atoms in total. The van der Waals surface area contributed by atoms with Gasteiger partial charge in [0.05, 0.1) is 6.61 Å². The number of benzene rings is 1. The van der Waals surface area contributed by atoms with Crippen LogP contribution in [0, 0.1) is 11.6 Å². The van der Waals surface area contributed by atoms with E-state index in [1.165, 1.54) is 12.1 Å². The molecule has 4 heteroatoms. The Hall–Kier alpha value is -1.00. The smallest absolute Gasteiger partial charge is 0.126 e. The predicted molar refractivity (Wildman–Crippen MR) is 64.0 cm³/mol. The van der Waals surface area contributed by atoms with Crippen LogP contribution in [0.5, 0.6) is 0 Å². The highest BCUT2D eigenvalue weighted by atomic mass is 19.1. The standard InChI is InChI=1S/C13H19F2NO/c1-3-16-13(9-17-2)5-4-10-6-11(14)8-12(15)7-10/h6-8,13,16H,3-5,9H2,1-2H3. The molecule has 1 atom stereocenters. The summed E-state index contributed by atoms with van der Waals surface area (Å²) in [5, 5.41) is 3.27. The second-order valence-corrected chi connectivity index (χ2v) is 4.03. The van der Waals surface area contributed by atoms with E-state index in [0.717, 1.165) is 19.0 Å². The molecule has 1 unspecified atom stereocenters. The van der Waals surface area contributed by atoms with Gasteiger partial charge < -0.3 is 10.1 Å². The molecule has 1 aromatic rings. The number of likely N-dealkylation sites (N-methyl/N-ethyl adjacent to an activating group) is 1. The highest BCUT2D eigenvalue weighted by Crippen LogP contribution is 2.11. The Bertz CT molecular complexity index is 318. The largest absolute Gasteiger partial charge is 0.383 e. The van der Waals surface area contributed by atoms with Crippen LogP contribution in [0.25, 0.3) is 0 Å². The molecule has 17 heavy (non-hydrogen) atoms. The monoisotopic (exact) mass is 243 g/mol. The Morgan fingerprint density at radius 3 is 2.41 bits per heavy atom. The molecular formula is C13H19F2NO. The molecule has 0 aliphatic carbocycles. The van der Waals surface area contributed by atoms with Gasteiger partial charge in [0.25, 0.3) is 0 Å². The van der Waals surface area contributed by atoms with Gasteiger partial charge in [0.15, 0.2) is 0 Å². The molecule has 0 heterocycles. The molecule has 1 aromatic carbocycles. The number of hydrogen-bond donors (Lipinski definition) is 1. The predicted octanol–water partition coefficient (Wildman–Crippen LogP) is 2.52. The second-order valence-electron chi connectivity index (χ2n) is 4.03. The summed E-state index contributed by atoms with van der Waals surface area (Å²) in [6.45, 7) is 3.47. The lowest BCUT2D eigenvalue weighted by Crippen LogP contribution is -2.33. The number of halogens is 2. The van der Waals surface area contributed by atoms with Crippen LogP contribution in [0.15, 0.2) is 18.2 Å². The maximum atomic E-state index is 13.0. The first-order valence-electron chi connectivity index (χ1n) is 5.83. The molecule has 0 fully saturated rings. The molecule has 0 aliphatic rings. The van der Waals surface area contributed by atoms with Crippen molar-refractivity contribution in [2.45, 2.75) is 25.8 Å². The van der Waals surface area contributed by atoms with Crippen molar-refractivity contribution in [2.75, 3.05) is 20.3 Å². The Kier molecular flexibility index (Phi) is 6.08. The van der Waals surface area contributed by atoms with Crippen molar-refractivity contribution in [3.05, 3.63) is 35.4 Å². The number of aryl methyl sites for hydroxylation is 1. The molecule has 0 saturated carbocycles. The molecule has 1 rings (SSSR count). The fourth-order valence-electron chi connectivity index (χ4n) is 1.83. The first-order chi connectivity index (χ1) is 8.15. The Labute approximate surface area is 101 Å². The molecule has 96 valence electrons. The van der Waals surface area contributed by atoms with Crippen LogP contribution in [-0.2, 0) is 11.2 Å². The zero-order valence-electron chi connectivity index (χ0n) is 10.3. The molecule has 0 saturated heterocycles. The maximum absolute atomic E-state index is 13.0. The van der Waals surface area contributed by atoms with E-state index in [0.29, 0.717) is 18.6 Å². The molecule has 1 N–H and O–H groups in total. The van der Waals surface area contributed by atoms with E-state index in [4.69, 9.17) is 4.74 Å². The number of hydrogen-bond acceptors (Lipinski definition) is 2. The van der Waals surface area contributed by atoms with Crippen LogP contribution < -0.4 is 5.32 Å². The van der Waals surface area contributed by atoms with Gasteiger partial charge >= 0.3 is 0 Å². The summed E-state index contributed by atoms with van der Waals surface area (Å²) in [6.07, 6.45) is 1.43. The van der Waals surface area contributed by atoms with Crippen LogP contribution in [0.3, 0.4) is 0 Å². The van der Waals surface area contributed by atoms with Crippen LogP contribution in [0.4, 0.5) is 8.78 Å². The van der Waals surface area contributed by atoms with Crippen LogP contribution >= 0.6 is 0 Å². The third-order valence-corrected chi connectivity index (χ3v) is 2.56. The van der Waals surface area contributed by atoms with Gasteiger partial charge in [0, 0.05) is 19.2 Å². The van der Waals surface area contributed by atoms with E-state index in [9.17, 15) is 8.78 Å². The van der Waals surface area contributed by atoms with Gasteiger partial charge in [-0.2, -0.15) is 0 Å². The van der Waals surface area contributed by atoms with Crippen LogP contribution in [0.2, 0.25) is 0 Å². The number of rotatable bonds is 7. The lowest BCUT2D eigenvalue weighted by molar-refractivity contribution is 0.163. The van der Waals surface area contributed by atoms with Crippen molar-refractivity contribution < 1.29 is 13.5 Å². The summed E-state index contributed by atoms with van der Waals surface area (Å²) in [7, 11) is 1.65. The van der Waals surface area contributed by atoms with Gasteiger partial charge in [-0.05, 0) is 37.1 Å². The van der Waals surface area contributed by atoms with Crippen molar-refractivity contribution in [1.82, 2.24) is 5.32 Å². The SMILES string of the molecule is CCNC(CCc1cc(F)cc(F)c1)COC. The first-order valence-corrected chi connectivity index (χ1v) is 5.83. The molecule has 0 aromatic heterocycles. The molecule has 0 bridgehead atoms. The van der Waals surface area contributed by atoms with Crippen molar-refractivity contribution >= 4 is 0 Å². The highest BCUT2D eigenvalue weighted by molar-refractivity contribution is 5.18. The zero-order chi connectivity index (χ0) is 12.7. The molecule has 0 radical (unpaired) electrons. The first kappa shape index (κ1) is 14.1. The van der Waals surface area contributed by atoms with Gasteiger partial charge in [-0.25, -0.2) is 8.78 Å². The minimum Gasteiger partial charge on any atom is -0.383 e. The average molecular weight is 243 g/mol. The van der Waals surface area contributed by atoms with E-state index >= 15 is 0 Å². The van der Waals surface area contributed by atoms with Crippen molar-refractivity contribution in [3.63, 3.8) is 0 Å². The van der Waals surface area contributed by atoms with E-state index in [-0.39, 0.29) is 6.04 Å². The molecule has 0 spiro atoms. The minimum atomic E-state index is -0.522. The molecule has 0 amide bonds. The summed E-state index contributed by atoms with van der Waals surface area (Å²) in [5.74, 6) is -1.04. The van der Waals surface area contributed by atoms with Crippen molar-refractivity contribution in [2.24, 2.45) is 0 Å². The normalized spacial score (nSPS) is 12.7. The fraction of sp³-hybridized carbons (Fsp3) is 0.538. The zero-order valence-corrected chi connectivity index (χ0v) is 10.3. The van der Waals surface area contributed by atoms with Gasteiger partial charge in [0.1, 0.15) is 11.6 Å². The number of ether oxygens (including phenoxy) is 1. The Morgan fingerprint density at radius 1 is 1.24 bits per heavy atom. The van der Waals surface area contributed by atoms with Crippen molar-refractivity contribution in [1.29, 1.82) is 0 Å². The second kappa shape index (κ2) is 7.35. The summed E-state index contributed by atoms with van der Waals surface area (Å²) in [6, 6.07) is 3.86. The minimum absolute atomic E-state index is 0.219. The number of nitrogens with one attached hydrogen (secondary N) is 1. The van der Waals surface area contributed by atoms with Gasteiger partial charge in [-0.15, -0.1) is 0 Å². The summed E-state index contributed by atoms with van der Waals surface area (Å²) >= 11 is 0. The molecule has 0 aliphatic heterocycles. The third-order valence-electron chi connectivity index (χ3n) is 2.56. The highest BCUT2D eigenvalue weighted by Gasteiger charge is 2.08. The maximum Gasteiger partial charge on any atom is 0.126 e. The van der Waals surface area contributed by atoms with E-state index in [2.05, 4.69) is 5.32 Å². The van der Waals surface area contributed by atoms with E-state index < -0.39 is 11.6 Å². The fourth-order valence-corrected chi connectivity index (χ4v) is 1.83. The van der Waals surface area contributed by atoms with E-state index in [1.807, 2.05) is 6.92 Å². The summed E-state index contributed by atoms with van der Waals surface area (Å²) in [4.78, 5) is 0. The van der Waals surface area contributed by atoms with Gasteiger partial charge in [0.2, 0.25) is 0 Å². The van der Waals surface area contributed by atoms with Crippen molar-refractivity contribution in [3.8, 4) is 0 Å². The molecular weight excluding hydrogens is 224 g/mol. The van der Waals surface area contributed by atoms with Crippen LogP contribution in [-0.4, -0.2) is 26.3 Å². The lowest BCUT2D eigenvalue weighted by atomic mass is 10.1. The average Bonchev–Trinajstić information content (AvgIpc) is 2.25. The summed E-state index contributed by atoms with van der Waals surface area (Å²) < 4.78 is 31.0. The van der Waals surface area contributed by atoms with Crippen LogP contribution in [0.1, 0.15) is 18.9 Å². The summed E-state index contributed by atoms with van der Waals surface area (Å²) in [5.41, 5.74) is 0.682. The van der Waals surface area contributed by atoms with Gasteiger partial charge in [-0.1, -0.05) is 6.92 Å². The van der Waals surface area contributed by atoms with Gasteiger partial charge in [-0.3, -0.25) is 0 Å². The Morgan fingerprint density at radius 2 is 1.88 bits per heavy atom. The number of methoxy groups -OCH3 is 1. The lowest BCUT2D eigenvalue weighted by Gasteiger charge is -2.16. The third kappa shape index (κ3) is 5.24. The quantitative estimate of drug-likeness (QED) is 0.794. The Balaban J connectivity index is 2.52. The van der Waals surface area contributed by atoms with E-state index in [1.54, 1.807) is 7.11 Å².